The quantitative estimate of drug-likeness (QED) is 0.291. The molecule has 0 aromatic rings. The number of carbonyl (C=O) groups is 3. The van der Waals surface area contributed by atoms with Gasteiger partial charge in [-0.1, -0.05) is 19.7 Å². The molecule has 0 aromatic heterocycles. The van der Waals surface area contributed by atoms with Gasteiger partial charge in [0, 0.05) is 36.4 Å². The summed E-state index contributed by atoms with van der Waals surface area (Å²) in [5.74, 6) is -0.385. The Balaban J connectivity index is 4.28. The number of rotatable bonds is 15. The van der Waals surface area contributed by atoms with Gasteiger partial charge >= 0.3 is 0 Å². The van der Waals surface area contributed by atoms with Gasteiger partial charge in [0.2, 0.25) is 17.7 Å². The van der Waals surface area contributed by atoms with Crippen molar-refractivity contribution in [2.75, 3.05) is 39.3 Å². The van der Waals surface area contributed by atoms with Crippen LogP contribution in [0.1, 0.15) is 40.0 Å². The highest BCUT2D eigenvalue weighted by Crippen LogP contribution is 1.98. The minimum atomic E-state index is -0.128. The minimum Gasteiger partial charge on any atom is -0.352 e. The molecule has 0 aliphatic rings. The number of nitrogens with one attached hydrogen (secondary N) is 3. The Morgan fingerprint density at radius 1 is 0.607 bits per heavy atom. The van der Waals surface area contributed by atoms with Crippen molar-refractivity contribution in [3.63, 3.8) is 0 Å². The molecule has 3 N–H and O–H groups in total. The molecule has 0 fully saturated rings. The van der Waals surface area contributed by atoms with Crippen LogP contribution in [0.25, 0.3) is 0 Å². The first kappa shape index (κ1) is 25.6. The summed E-state index contributed by atoms with van der Waals surface area (Å²) in [5, 5.41) is 8.48. The summed E-state index contributed by atoms with van der Waals surface area (Å²) >= 11 is 0. The highest BCUT2D eigenvalue weighted by molar-refractivity contribution is 5.92. The third-order valence-electron chi connectivity index (χ3n) is 3.97. The van der Waals surface area contributed by atoms with E-state index in [9.17, 15) is 14.4 Å². The molecule has 158 valence electrons. The highest BCUT2D eigenvalue weighted by Gasteiger charge is 2.08. The molecule has 28 heavy (non-hydrogen) atoms. The molecule has 0 saturated heterocycles. The van der Waals surface area contributed by atoms with E-state index in [0.717, 1.165) is 38.9 Å². The van der Waals surface area contributed by atoms with E-state index in [-0.39, 0.29) is 17.7 Å². The zero-order valence-corrected chi connectivity index (χ0v) is 17.7. The van der Waals surface area contributed by atoms with Crippen LogP contribution >= 0.6 is 0 Å². The Bertz CT molecular complexity index is 503. The predicted molar refractivity (Wildman–Crippen MR) is 114 cm³/mol. The summed E-state index contributed by atoms with van der Waals surface area (Å²) in [6.07, 6.45) is 2.44. The molecule has 7 nitrogen and oxygen atoms in total. The third-order valence-corrected chi connectivity index (χ3v) is 3.97. The van der Waals surface area contributed by atoms with Gasteiger partial charge in [-0.3, -0.25) is 14.4 Å². The van der Waals surface area contributed by atoms with E-state index < -0.39 is 0 Å². The zero-order valence-electron chi connectivity index (χ0n) is 17.7. The van der Waals surface area contributed by atoms with Crippen molar-refractivity contribution in [2.45, 2.75) is 40.0 Å². The van der Waals surface area contributed by atoms with Crippen LogP contribution in [0.4, 0.5) is 0 Å². The van der Waals surface area contributed by atoms with E-state index in [1.54, 1.807) is 20.8 Å². The molecule has 0 atom stereocenters. The van der Waals surface area contributed by atoms with E-state index >= 15 is 0 Å². The van der Waals surface area contributed by atoms with Crippen molar-refractivity contribution in [1.82, 2.24) is 20.9 Å². The lowest BCUT2D eigenvalue weighted by Gasteiger charge is -2.22. The molecule has 0 unspecified atom stereocenters. The van der Waals surface area contributed by atoms with Crippen molar-refractivity contribution in [1.29, 1.82) is 0 Å². The van der Waals surface area contributed by atoms with Crippen molar-refractivity contribution in [2.24, 2.45) is 0 Å². The molecule has 0 rings (SSSR count). The summed E-state index contributed by atoms with van der Waals surface area (Å²) in [5.41, 5.74) is 1.50. The number of hydrogen-bond donors (Lipinski definition) is 3. The molecule has 0 aliphatic carbocycles. The topological polar surface area (TPSA) is 90.5 Å². The van der Waals surface area contributed by atoms with Gasteiger partial charge in [0.25, 0.3) is 0 Å². The van der Waals surface area contributed by atoms with Crippen LogP contribution < -0.4 is 16.0 Å². The van der Waals surface area contributed by atoms with E-state index in [2.05, 4.69) is 40.6 Å². The van der Waals surface area contributed by atoms with Crippen LogP contribution in [0.15, 0.2) is 36.5 Å². The molecular formula is C21H36N4O3. The molecule has 0 aliphatic heterocycles. The average molecular weight is 393 g/mol. The number of amides is 3. The smallest absolute Gasteiger partial charge is 0.246 e. The van der Waals surface area contributed by atoms with Gasteiger partial charge < -0.3 is 20.9 Å². The summed E-state index contributed by atoms with van der Waals surface area (Å²) in [6.45, 7) is 20.1. The first-order valence-corrected chi connectivity index (χ1v) is 9.68. The summed E-state index contributed by atoms with van der Waals surface area (Å²) in [7, 11) is 0. The monoisotopic (exact) mass is 392 g/mol. The van der Waals surface area contributed by atoms with Crippen LogP contribution in [-0.2, 0) is 14.4 Å². The maximum absolute atomic E-state index is 11.5. The van der Waals surface area contributed by atoms with Crippen molar-refractivity contribution >= 4 is 17.7 Å². The van der Waals surface area contributed by atoms with E-state index in [0.29, 0.717) is 36.4 Å². The Morgan fingerprint density at radius 3 is 1.07 bits per heavy atom. The number of nitrogens with zero attached hydrogens (tertiary/aromatic N) is 1. The predicted octanol–water partition coefficient (Wildman–Crippen LogP) is 1.54. The molecule has 3 amide bonds. The Hall–Kier alpha value is -2.41. The Kier molecular flexibility index (Phi) is 13.4. The van der Waals surface area contributed by atoms with Crippen LogP contribution in [-0.4, -0.2) is 61.9 Å². The molecule has 0 saturated carbocycles. The Labute approximate surface area is 169 Å². The highest BCUT2D eigenvalue weighted by atomic mass is 16.2. The molecule has 0 aromatic carbocycles. The molecule has 0 heterocycles. The maximum Gasteiger partial charge on any atom is 0.246 e. The zero-order chi connectivity index (χ0) is 21.5. The Morgan fingerprint density at radius 2 is 0.857 bits per heavy atom. The van der Waals surface area contributed by atoms with Crippen LogP contribution in [0.2, 0.25) is 0 Å². The summed E-state index contributed by atoms with van der Waals surface area (Å²) < 4.78 is 0. The SMILES string of the molecule is C=C(C)C(=O)NCCCN(CCCNC(=O)C(=C)C)CCCNC(=O)C(=C)C. The van der Waals surface area contributed by atoms with Crippen molar-refractivity contribution in [3.8, 4) is 0 Å². The van der Waals surface area contributed by atoms with Gasteiger partial charge in [-0.05, 0) is 59.7 Å². The minimum absolute atomic E-state index is 0.128. The first-order chi connectivity index (χ1) is 13.1. The van der Waals surface area contributed by atoms with Crippen LogP contribution in [0.3, 0.4) is 0 Å². The summed E-state index contributed by atoms with van der Waals surface area (Å²) in [4.78, 5) is 36.9. The molecular weight excluding hydrogens is 356 g/mol. The maximum atomic E-state index is 11.5. The van der Waals surface area contributed by atoms with Gasteiger partial charge in [-0.2, -0.15) is 0 Å². The van der Waals surface area contributed by atoms with Crippen LogP contribution in [0, 0.1) is 0 Å². The van der Waals surface area contributed by atoms with E-state index in [1.165, 1.54) is 0 Å². The van der Waals surface area contributed by atoms with Crippen molar-refractivity contribution in [3.05, 3.63) is 36.5 Å². The summed E-state index contributed by atoms with van der Waals surface area (Å²) in [6, 6.07) is 0. The second-order valence-electron chi connectivity index (χ2n) is 7.01. The molecule has 7 heteroatoms. The third kappa shape index (κ3) is 12.9. The van der Waals surface area contributed by atoms with Gasteiger partial charge in [0.15, 0.2) is 0 Å². The largest absolute Gasteiger partial charge is 0.352 e. The second kappa shape index (κ2) is 14.6. The average Bonchev–Trinajstić information content (AvgIpc) is 2.63. The van der Waals surface area contributed by atoms with Gasteiger partial charge in [-0.25, -0.2) is 0 Å². The fourth-order valence-electron chi connectivity index (χ4n) is 2.30. The molecule has 0 radical (unpaired) electrons. The van der Waals surface area contributed by atoms with Gasteiger partial charge in [0.05, 0.1) is 0 Å². The van der Waals surface area contributed by atoms with Crippen molar-refractivity contribution < 1.29 is 14.4 Å². The lowest BCUT2D eigenvalue weighted by atomic mass is 10.2. The molecule has 0 bridgehead atoms. The van der Waals surface area contributed by atoms with Gasteiger partial charge in [-0.15, -0.1) is 0 Å². The normalized spacial score (nSPS) is 10.3. The fraction of sp³-hybridized carbons (Fsp3) is 0.571. The van der Waals surface area contributed by atoms with Crippen LogP contribution in [0.5, 0.6) is 0 Å². The fourth-order valence-corrected chi connectivity index (χ4v) is 2.30. The van der Waals surface area contributed by atoms with E-state index in [1.807, 2.05) is 0 Å². The second-order valence-corrected chi connectivity index (χ2v) is 7.01. The standard InChI is InChI=1S/C21H36N4O3/c1-16(2)19(26)22-10-7-13-25(14-8-11-23-20(27)17(3)4)15-9-12-24-21(28)18(5)6/h1,3,5,7-15H2,2,4,6H3,(H,22,26)(H,23,27)(H,24,28). The lowest BCUT2D eigenvalue weighted by Crippen LogP contribution is -2.35. The number of hydrogen-bond acceptors (Lipinski definition) is 4. The van der Waals surface area contributed by atoms with E-state index in [4.69, 9.17) is 0 Å². The molecule has 0 spiro atoms. The number of carbonyl (C=O) groups excluding carboxylic acids is 3. The lowest BCUT2D eigenvalue weighted by molar-refractivity contribution is -0.118. The van der Waals surface area contributed by atoms with Gasteiger partial charge in [0.1, 0.15) is 0 Å². The first-order valence-electron chi connectivity index (χ1n) is 9.68.